The molecule has 3 aromatic rings. The Bertz CT molecular complexity index is 1060. The van der Waals surface area contributed by atoms with Crippen molar-refractivity contribution in [3.05, 3.63) is 41.7 Å². The molecule has 1 atom stereocenters. The number of anilines is 1. The van der Waals surface area contributed by atoms with Crippen LogP contribution in [-0.4, -0.2) is 57.2 Å². The Morgan fingerprint density at radius 2 is 2.14 bits per heavy atom. The summed E-state index contributed by atoms with van der Waals surface area (Å²) in [6, 6.07) is 8.44. The minimum Gasteiger partial charge on any atom is -0.316 e. The van der Waals surface area contributed by atoms with Crippen molar-refractivity contribution < 1.29 is 4.79 Å². The van der Waals surface area contributed by atoms with E-state index >= 15 is 0 Å². The number of piperidine rings is 1. The van der Waals surface area contributed by atoms with Gasteiger partial charge in [0.25, 0.3) is 0 Å². The SMILES string of the molecule is Cc1cc(-c2n[nH]c3cc4c(cc23)CN([C@@H]2CCCN(C)C2)C(=O)N4)ccn1. The summed E-state index contributed by atoms with van der Waals surface area (Å²) >= 11 is 0. The zero-order valence-electron chi connectivity index (χ0n) is 16.2. The van der Waals surface area contributed by atoms with Crippen LogP contribution in [0.1, 0.15) is 24.1 Å². The average molecular weight is 376 g/mol. The number of carbonyl (C=O) groups is 1. The number of hydrogen-bond donors (Lipinski definition) is 2. The molecular formula is C21H24N6O. The first-order valence-corrected chi connectivity index (χ1v) is 9.78. The van der Waals surface area contributed by atoms with Gasteiger partial charge >= 0.3 is 6.03 Å². The average Bonchev–Trinajstić information content (AvgIpc) is 3.08. The highest BCUT2D eigenvalue weighted by atomic mass is 16.2. The summed E-state index contributed by atoms with van der Waals surface area (Å²) in [5.74, 6) is 0. The van der Waals surface area contributed by atoms with E-state index in [0.29, 0.717) is 6.54 Å². The van der Waals surface area contributed by atoms with Gasteiger partial charge < -0.3 is 15.1 Å². The summed E-state index contributed by atoms with van der Waals surface area (Å²) < 4.78 is 0. The van der Waals surface area contributed by atoms with E-state index in [-0.39, 0.29) is 12.1 Å². The van der Waals surface area contributed by atoms with Crippen LogP contribution in [0, 0.1) is 6.92 Å². The molecule has 0 radical (unpaired) electrons. The third-order valence-electron chi connectivity index (χ3n) is 5.84. The molecule has 28 heavy (non-hydrogen) atoms. The van der Waals surface area contributed by atoms with Gasteiger partial charge in [0, 0.05) is 47.7 Å². The molecule has 5 rings (SSSR count). The van der Waals surface area contributed by atoms with Crippen LogP contribution < -0.4 is 5.32 Å². The monoisotopic (exact) mass is 376 g/mol. The van der Waals surface area contributed by atoms with E-state index in [1.807, 2.05) is 36.2 Å². The quantitative estimate of drug-likeness (QED) is 0.719. The molecule has 2 aliphatic heterocycles. The molecule has 7 heteroatoms. The second-order valence-electron chi connectivity index (χ2n) is 7.93. The summed E-state index contributed by atoms with van der Waals surface area (Å²) in [6.45, 7) is 4.65. The number of aryl methyl sites for hydroxylation is 1. The number of aromatic amines is 1. The molecule has 1 saturated heterocycles. The van der Waals surface area contributed by atoms with Gasteiger partial charge in [-0.05, 0) is 63.2 Å². The number of amides is 2. The molecule has 0 unspecified atom stereocenters. The van der Waals surface area contributed by atoms with Crippen LogP contribution in [0.5, 0.6) is 0 Å². The predicted molar refractivity (Wildman–Crippen MR) is 109 cm³/mol. The highest BCUT2D eigenvalue weighted by Gasteiger charge is 2.31. The van der Waals surface area contributed by atoms with Gasteiger partial charge in [-0.15, -0.1) is 0 Å². The van der Waals surface area contributed by atoms with Crippen molar-refractivity contribution in [1.29, 1.82) is 0 Å². The standard InChI is InChI=1S/C21H24N6O/c1-13-8-14(5-6-22-13)20-17-9-15-11-27(16-4-3-7-26(2)12-16)21(28)23-18(15)10-19(17)24-25-20/h5-6,8-10,16H,3-4,7,11-12H2,1-2H3,(H,23,28)(H,24,25)/t16-/m1/s1. The number of likely N-dealkylation sites (N-methyl/N-ethyl adjacent to an activating group) is 1. The van der Waals surface area contributed by atoms with Gasteiger partial charge in [0.2, 0.25) is 0 Å². The summed E-state index contributed by atoms with van der Waals surface area (Å²) in [6.07, 6.45) is 4.00. The molecule has 2 aromatic heterocycles. The van der Waals surface area contributed by atoms with Crippen LogP contribution in [0.25, 0.3) is 22.2 Å². The fourth-order valence-corrected chi connectivity index (χ4v) is 4.40. The van der Waals surface area contributed by atoms with Crippen molar-refractivity contribution >= 4 is 22.6 Å². The third-order valence-corrected chi connectivity index (χ3v) is 5.84. The predicted octanol–water partition coefficient (Wildman–Crippen LogP) is 3.38. The number of nitrogens with one attached hydrogen (secondary N) is 2. The lowest BCUT2D eigenvalue weighted by Crippen LogP contribution is -2.51. The zero-order valence-corrected chi connectivity index (χ0v) is 16.2. The van der Waals surface area contributed by atoms with Crippen molar-refractivity contribution in [2.75, 3.05) is 25.5 Å². The van der Waals surface area contributed by atoms with Gasteiger partial charge in [-0.3, -0.25) is 10.1 Å². The number of likely N-dealkylation sites (tertiary alicyclic amines) is 1. The largest absolute Gasteiger partial charge is 0.322 e. The summed E-state index contributed by atoms with van der Waals surface area (Å²) in [5.41, 5.74) is 5.86. The summed E-state index contributed by atoms with van der Waals surface area (Å²) in [7, 11) is 2.12. The first-order valence-electron chi connectivity index (χ1n) is 9.78. The van der Waals surface area contributed by atoms with E-state index < -0.39 is 0 Å². The molecule has 2 aliphatic rings. The molecule has 0 spiro atoms. The Hall–Kier alpha value is -2.93. The number of pyridine rings is 1. The Morgan fingerprint density at radius 1 is 1.25 bits per heavy atom. The number of nitrogens with zero attached hydrogens (tertiary/aromatic N) is 4. The van der Waals surface area contributed by atoms with Gasteiger partial charge in [-0.2, -0.15) is 5.10 Å². The number of urea groups is 1. The summed E-state index contributed by atoms with van der Waals surface area (Å²) in [4.78, 5) is 21.3. The lowest BCUT2D eigenvalue weighted by molar-refractivity contribution is 0.126. The molecule has 0 saturated carbocycles. The normalized spacial score (nSPS) is 20.3. The van der Waals surface area contributed by atoms with E-state index in [4.69, 9.17) is 0 Å². The zero-order chi connectivity index (χ0) is 19.3. The fraction of sp³-hybridized carbons (Fsp3) is 0.381. The van der Waals surface area contributed by atoms with Crippen LogP contribution >= 0.6 is 0 Å². The van der Waals surface area contributed by atoms with Crippen LogP contribution in [0.4, 0.5) is 10.5 Å². The maximum Gasteiger partial charge on any atom is 0.322 e. The van der Waals surface area contributed by atoms with Crippen molar-refractivity contribution in [3.63, 3.8) is 0 Å². The second kappa shape index (κ2) is 6.60. The van der Waals surface area contributed by atoms with Crippen molar-refractivity contribution in [1.82, 2.24) is 25.0 Å². The van der Waals surface area contributed by atoms with Crippen molar-refractivity contribution in [3.8, 4) is 11.3 Å². The maximum atomic E-state index is 12.7. The number of benzene rings is 1. The minimum atomic E-state index is -0.00310. The summed E-state index contributed by atoms with van der Waals surface area (Å²) in [5, 5.41) is 11.8. The van der Waals surface area contributed by atoms with E-state index in [0.717, 1.165) is 65.0 Å². The van der Waals surface area contributed by atoms with Gasteiger partial charge in [0.05, 0.1) is 5.52 Å². The number of aromatic nitrogens is 3. The van der Waals surface area contributed by atoms with Crippen LogP contribution in [0.2, 0.25) is 0 Å². The van der Waals surface area contributed by atoms with Gasteiger partial charge in [0.1, 0.15) is 5.69 Å². The number of H-pyrrole nitrogens is 1. The molecule has 2 N–H and O–H groups in total. The van der Waals surface area contributed by atoms with Gasteiger partial charge in [0.15, 0.2) is 0 Å². The molecule has 7 nitrogen and oxygen atoms in total. The van der Waals surface area contributed by atoms with E-state index in [2.05, 4.69) is 38.5 Å². The van der Waals surface area contributed by atoms with E-state index in [1.54, 1.807) is 0 Å². The van der Waals surface area contributed by atoms with Crippen molar-refractivity contribution in [2.45, 2.75) is 32.4 Å². The highest BCUT2D eigenvalue weighted by molar-refractivity contribution is 6.00. The molecule has 2 amide bonds. The molecule has 1 fully saturated rings. The highest BCUT2D eigenvalue weighted by Crippen LogP contribution is 2.34. The van der Waals surface area contributed by atoms with Gasteiger partial charge in [-0.25, -0.2) is 4.79 Å². The Morgan fingerprint density at radius 3 is 2.96 bits per heavy atom. The smallest absolute Gasteiger partial charge is 0.316 e. The Labute approximate surface area is 163 Å². The Kier molecular flexibility index (Phi) is 4.05. The van der Waals surface area contributed by atoms with Crippen LogP contribution in [-0.2, 0) is 6.54 Å². The molecule has 4 heterocycles. The topological polar surface area (TPSA) is 77.2 Å². The maximum absolute atomic E-state index is 12.7. The lowest BCUT2D eigenvalue weighted by atomic mass is 10.00. The van der Waals surface area contributed by atoms with Crippen LogP contribution in [0.3, 0.4) is 0 Å². The van der Waals surface area contributed by atoms with Gasteiger partial charge in [-0.1, -0.05) is 0 Å². The van der Waals surface area contributed by atoms with E-state index in [9.17, 15) is 4.79 Å². The second-order valence-corrected chi connectivity index (χ2v) is 7.93. The molecular weight excluding hydrogens is 352 g/mol. The number of fused-ring (bicyclic) bond motifs is 2. The number of rotatable bonds is 2. The molecule has 0 aliphatic carbocycles. The third kappa shape index (κ3) is 2.92. The lowest BCUT2D eigenvalue weighted by Gasteiger charge is -2.40. The first-order chi connectivity index (χ1) is 13.6. The first kappa shape index (κ1) is 17.2. The molecule has 1 aromatic carbocycles. The van der Waals surface area contributed by atoms with Crippen LogP contribution in [0.15, 0.2) is 30.5 Å². The molecule has 0 bridgehead atoms. The Balaban J connectivity index is 1.52. The van der Waals surface area contributed by atoms with Crippen molar-refractivity contribution in [2.24, 2.45) is 0 Å². The fourth-order valence-electron chi connectivity index (χ4n) is 4.40. The number of carbonyl (C=O) groups excluding carboxylic acids is 1. The van der Waals surface area contributed by atoms with E-state index in [1.165, 1.54) is 0 Å². The molecule has 144 valence electrons. The number of hydrogen-bond acceptors (Lipinski definition) is 4. The minimum absolute atomic E-state index is 0.00310.